The zero-order valence-electron chi connectivity index (χ0n) is 11.6. The van der Waals surface area contributed by atoms with Crippen LogP contribution in [-0.2, 0) is 6.54 Å². The van der Waals surface area contributed by atoms with Crippen LogP contribution >= 0.6 is 38.9 Å². The van der Waals surface area contributed by atoms with Gasteiger partial charge in [-0.05, 0) is 41.5 Å². The fraction of sp³-hybridized carbons (Fsp3) is 0.333. The summed E-state index contributed by atoms with van der Waals surface area (Å²) in [5.41, 5.74) is 8.53. The average Bonchev–Trinajstić information content (AvgIpc) is 2.70. The number of nitrogens with two attached hydrogens (primary N) is 1. The standard InChI is InChI=1S/C15H18BrClN2S/c1-10-4-3-5-11(6-10)9-19(2)13(8-18)14-7-12(16)15(17)20-14/h3-7,13H,8-9,18H2,1-2H3. The lowest BCUT2D eigenvalue weighted by Gasteiger charge is -2.26. The van der Waals surface area contributed by atoms with Gasteiger partial charge in [0.2, 0.25) is 0 Å². The summed E-state index contributed by atoms with van der Waals surface area (Å²) in [6, 6.07) is 10.8. The summed E-state index contributed by atoms with van der Waals surface area (Å²) >= 11 is 11.2. The maximum atomic E-state index is 6.13. The topological polar surface area (TPSA) is 29.3 Å². The molecular formula is C15H18BrClN2S. The molecule has 0 spiro atoms. The predicted molar refractivity (Wildman–Crippen MR) is 91.5 cm³/mol. The van der Waals surface area contributed by atoms with Crippen LogP contribution in [0.3, 0.4) is 0 Å². The highest BCUT2D eigenvalue weighted by molar-refractivity contribution is 9.10. The first kappa shape index (κ1) is 16.0. The maximum Gasteiger partial charge on any atom is 0.107 e. The highest BCUT2D eigenvalue weighted by atomic mass is 79.9. The van der Waals surface area contributed by atoms with Crippen LogP contribution in [0.15, 0.2) is 34.8 Å². The molecule has 0 bridgehead atoms. The highest BCUT2D eigenvalue weighted by Gasteiger charge is 2.19. The SMILES string of the molecule is Cc1cccc(CN(C)C(CN)c2cc(Br)c(Cl)s2)c1. The lowest BCUT2D eigenvalue weighted by Crippen LogP contribution is -2.29. The summed E-state index contributed by atoms with van der Waals surface area (Å²) in [6.07, 6.45) is 0. The summed E-state index contributed by atoms with van der Waals surface area (Å²) in [6.45, 7) is 3.56. The molecule has 108 valence electrons. The van der Waals surface area contributed by atoms with E-state index in [-0.39, 0.29) is 6.04 Å². The fourth-order valence-electron chi connectivity index (χ4n) is 2.25. The molecule has 0 amide bonds. The normalized spacial score (nSPS) is 12.9. The first-order valence-corrected chi connectivity index (χ1v) is 8.40. The molecule has 2 nitrogen and oxygen atoms in total. The Labute approximate surface area is 137 Å². The van der Waals surface area contributed by atoms with E-state index in [1.807, 2.05) is 0 Å². The van der Waals surface area contributed by atoms with Gasteiger partial charge in [0.25, 0.3) is 0 Å². The minimum Gasteiger partial charge on any atom is -0.329 e. The van der Waals surface area contributed by atoms with Crippen LogP contribution in [0.1, 0.15) is 22.0 Å². The number of rotatable bonds is 5. The van der Waals surface area contributed by atoms with Gasteiger partial charge in [-0.1, -0.05) is 41.4 Å². The van der Waals surface area contributed by atoms with Crippen molar-refractivity contribution in [1.29, 1.82) is 0 Å². The molecular weight excluding hydrogens is 356 g/mol. The van der Waals surface area contributed by atoms with E-state index in [1.165, 1.54) is 16.0 Å². The van der Waals surface area contributed by atoms with E-state index in [0.29, 0.717) is 6.54 Å². The molecule has 2 N–H and O–H groups in total. The van der Waals surface area contributed by atoms with Gasteiger partial charge in [-0.25, -0.2) is 0 Å². The Kier molecular flexibility index (Phi) is 5.64. The molecule has 0 aliphatic carbocycles. The Bertz CT molecular complexity index is 566. The van der Waals surface area contributed by atoms with Gasteiger partial charge < -0.3 is 5.73 Å². The van der Waals surface area contributed by atoms with E-state index in [4.69, 9.17) is 17.3 Å². The molecule has 0 radical (unpaired) electrons. The Hall–Kier alpha value is -0.390. The van der Waals surface area contributed by atoms with E-state index >= 15 is 0 Å². The summed E-state index contributed by atoms with van der Waals surface area (Å²) in [5.74, 6) is 0. The number of halogens is 2. The third-order valence-corrected chi connectivity index (χ3v) is 5.84. The second-order valence-corrected chi connectivity index (χ2v) is 7.47. The van der Waals surface area contributed by atoms with Gasteiger partial charge in [-0.15, -0.1) is 11.3 Å². The lowest BCUT2D eigenvalue weighted by molar-refractivity contribution is 0.245. The molecule has 0 fully saturated rings. The Morgan fingerprint density at radius 2 is 2.15 bits per heavy atom. The Morgan fingerprint density at radius 1 is 1.40 bits per heavy atom. The van der Waals surface area contributed by atoms with Crippen LogP contribution in [0.5, 0.6) is 0 Å². The zero-order chi connectivity index (χ0) is 14.7. The third-order valence-electron chi connectivity index (χ3n) is 3.26. The third kappa shape index (κ3) is 3.83. The molecule has 1 heterocycles. The smallest absolute Gasteiger partial charge is 0.107 e. The van der Waals surface area contributed by atoms with Crippen molar-refractivity contribution < 1.29 is 0 Å². The van der Waals surface area contributed by atoms with Gasteiger partial charge >= 0.3 is 0 Å². The summed E-state index contributed by atoms with van der Waals surface area (Å²) in [5, 5.41) is 0. The van der Waals surface area contributed by atoms with Crippen molar-refractivity contribution in [3.05, 3.63) is 55.1 Å². The van der Waals surface area contributed by atoms with Crippen LogP contribution in [0.2, 0.25) is 4.34 Å². The number of likely N-dealkylation sites (N-methyl/N-ethyl adjacent to an activating group) is 1. The van der Waals surface area contributed by atoms with Crippen molar-refractivity contribution in [3.8, 4) is 0 Å². The van der Waals surface area contributed by atoms with Crippen LogP contribution in [0.4, 0.5) is 0 Å². The van der Waals surface area contributed by atoms with E-state index < -0.39 is 0 Å². The number of hydrogen-bond acceptors (Lipinski definition) is 3. The van der Waals surface area contributed by atoms with Crippen LogP contribution in [0, 0.1) is 6.92 Å². The molecule has 5 heteroatoms. The number of hydrogen-bond donors (Lipinski definition) is 1. The summed E-state index contributed by atoms with van der Waals surface area (Å²) < 4.78 is 1.73. The van der Waals surface area contributed by atoms with Crippen molar-refractivity contribution in [3.63, 3.8) is 0 Å². The Balaban J connectivity index is 2.15. The van der Waals surface area contributed by atoms with Crippen molar-refractivity contribution in [2.24, 2.45) is 5.73 Å². The summed E-state index contributed by atoms with van der Waals surface area (Å²) in [4.78, 5) is 3.46. The minimum absolute atomic E-state index is 0.185. The second-order valence-electron chi connectivity index (χ2n) is 4.93. The number of aryl methyl sites for hydroxylation is 1. The molecule has 2 aromatic rings. The number of thiophene rings is 1. The average molecular weight is 374 g/mol. The molecule has 1 aromatic carbocycles. The largest absolute Gasteiger partial charge is 0.329 e. The molecule has 0 saturated carbocycles. The first-order chi connectivity index (χ1) is 9.51. The highest BCUT2D eigenvalue weighted by Crippen LogP contribution is 2.36. The van der Waals surface area contributed by atoms with Gasteiger partial charge in [0.15, 0.2) is 0 Å². The molecule has 1 aromatic heterocycles. The van der Waals surface area contributed by atoms with E-state index in [2.05, 4.69) is 65.1 Å². The number of benzene rings is 1. The minimum atomic E-state index is 0.185. The van der Waals surface area contributed by atoms with E-state index in [1.54, 1.807) is 11.3 Å². The van der Waals surface area contributed by atoms with Crippen LogP contribution in [-0.4, -0.2) is 18.5 Å². The molecule has 1 atom stereocenters. The van der Waals surface area contributed by atoms with Gasteiger partial charge in [0.1, 0.15) is 4.34 Å². The predicted octanol–water partition coefficient (Wildman–Crippen LogP) is 4.60. The fourth-order valence-corrected chi connectivity index (χ4v) is 4.16. The van der Waals surface area contributed by atoms with Gasteiger partial charge in [-0.2, -0.15) is 0 Å². The van der Waals surface area contributed by atoms with Crippen molar-refractivity contribution >= 4 is 38.9 Å². The zero-order valence-corrected chi connectivity index (χ0v) is 14.7. The first-order valence-electron chi connectivity index (χ1n) is 6.42. The molecule has 20 heavy (non-hydrogen) atoms. The van der Waals surface area contributed by atoms with E-state index in [0.717, 1.165) is 15.4 Å². The lowest BCUT2D eigenvalue weighted by atomic mass is 10.1. The Morgan fingerprint density at radius 3 is 2.70 bits per heavy atom. The molecule has 0 aliphatic heterocycles. The van der Waals surface area contributed by atoms with Crippen LogP contribution < -0.4 is 5.73 Å². The van der Waals surface area contributed by atoms with Crippen molar-refractivity contribution in [2.75, 3.05) is 13.6 Å². The molecule has 0 aliphatic rings. The molecule has 0 saturated heterocycles. The van der Waals surface area contributed by atoms with Crippen LogP contribution in [0.25, 0.3) is 0 Å². The van der Waals surface area contributed by atoms with Gasteiger partial charge in [0.05, 0.1) is 6.04 Å². The number of nitrogens with zero attached hydrogens (tertiary/aromatic N) is 1. The van der Waals surface area contributed by atoms with Crippen molar-refractivity contribution in [1.82, 2.24) is 4.90 Å². The van der Waals surface area contributed by atoms with Crippen molar-refractivity contribution in [2.45, 2.75) is 19.5 Å². The quantitative estimate of drug-likeness (QED) is 0.829. The molecule has 1 unspecified atom stereocenters. The van der Waals surface area contributed by atoms with Gasteiger partial charge in [-0.3, -0.25) is 4.90 Å². The second kappa shape index (κ2) is 7.05. The maximum absolute atomic E-state index is 6.13. The summed E-state index contributed by atoms with van der Waals surface area (Å²) in [7, 11) is 2.10. The van der Waals surface area contributed by atoms with Gasteiger partial charge in [0, 0.05) is 22.4 Å². The molecule has 2 rings (SSSR count). The monoisotopic (exact) mass is 372 g/mol. The van der Waals surface area contributed by atoms with E-state index in [9.17, 15) is 0 Å².